The summed E-state index contributed by atoms with van der Waals surface area (Å²) in [5.74, 6) is -0.870. The third-order valence-electron chi connectivity index (χ3n) is 7.44. The van der Waals surface area contributed by atoms with E-state index in [4.69, 9.17) is 4.74 Å². The van der Waals surface area contributed by atoms with Crippen molar-refractivity contribution in [3.05, 3.63) is 23.9 Å². The van der Waals surface area contributed by atoms with E-state index in [1.54, 1.807) is 0 Å². The molecule has 1 aromatic carbocycles. The summed E-state index contributed by atoms with van der Waals surface area (Å²) in [6, 6.07) is 6.78. The highest BCUT2D eigenvalue weighted by molar-refractivity contribution is 6.02. The van der Waals surface area contributed by atoms with E-state index in [9.17, 15) is 14.4 Å². The van der Waals surface area contributed by atoms with Crippen molar-refractivity contribution in [3.63, 3.8) is 0 Å². The van der Waals surface area contributed by atoms with Crippen molar-refractivity contribution in [3.8, 4) is 0 Å². The first-order valence-electron chi connectivity index (χ1n) is 12.9. The third kappa shape index (κ3) is 4.91. The highest BCUT2D eigenvalue weighted by Crippen LogP contribution is 2.33. The molecule has 36 heavy (non-hydrogen) atoms. The van der Waals surface area contributed by atoms with Crippen molar-refractivity contribution in [2.24, 2.45) is 7.05 Å². The maximum atomic E-state index is 12.4. The van der Waals surface area contributed by atoms with Gasteiger partial charge < -0.3 is 14.5 Å². The number of anilines is 1. The largest absolute Gasteiger partial charge is 0.444 e. The molecule has 2 unspecified atom stereocenters. The van der Waals surface area contributed by atoms with Gasteiger partial charge in [-0.25, -0.2) is 4.79 Å². The topological polar surface area (TPSA) is 100 Å². The number of rotatable bonds is 3. The summed E-state index contributed by atoms with van der Waals surface area (Å²) in [5, 5.41) is 8.07. The second-order valence-electron chi connectivity index (χ2n) is 11.1. The Morgan fingerprint density at radius 2 is 1.83 bits per heavy atom. The first-order valence-corrected chi connectivity index (χ1v) is 12.9. The van der Waals surface area contributed by atoms with Gasteiger partial charge in [-0.1, -0.05) is 0 Å². The van der Waals surface area contributed by atoms with Gasteiger partial charge in [0.25, 0.3) is 0 Å². The molecule has 3 fully saturated rings. The Balaban J connectivity index is 1.23. The molecule has 194 valence electrons. The molecule has 3 aliphatic rings. The lowest BCUT2D eigenvalue weighted by Gasteiger charge is -2.38. The number of amides is 3. The van der Waals surface area contributed by atoms with Crippen molar-refractivity contribution < 1.29 is 19.1 Å². The smallest absolute Gasteiger partial charge is 0.410 e. The van der Waals surface area contributed by atoms with Crippen LogP contribution >= 0.6 is 0 Å². The number of piperazine rings is 1. The summed E-state index contributed by atoms with van der Waals surface area (Å²) in [5.41, 5.74) is 2.40. The lowest BCUT2D eigenvalue weighted by atomic mass is 9.93. The van der Waals surface area contributed by atoms with Gasteiger partial charge >= 0.3 is 6.09 Å². The SMILES string of the molecule is Cn1nc(C2CCC(=O)NC2=O)c2ccc(N3CCC(N4CCN(C(=O)OC(C)(C)C)CC4)C3)cc21. The van der Waals surface area contributed by atoms with Gasteiger partial charge in [0.15, 0.2) is 0 Å². The van der Waals surface area contributed by atoms with Crippen LogP contribution in [0.15, 0.2) is 18.2 Å². The predicted molar refractivity (Wildman–Crippen MR) is 136 cm³/mol. The molecule has 10 heteroatoms. The average molecular weight is 497 g/mol. The summed E-state index contributed by atoms with van der Waals surface area (Å²) < 4.78 is 7.36. The van der Waals surface area contributed by atoms with Crippen molar-refractivity contribution in [1.82, 2.24) is 24.9 Å². The van der Waals surface area contributed by atoms with Gasteiger partial charge in [0.1, 0.15) is 5.60 Å². The molecule has 2 atom stereocenters. The fraction of sp³-hybridized carbons (Fsp3) is 0.615. The minimum Gasteiger partial charge on any atom is -0.444 e. The van der Waals surface area contributed by atoms with Crippen LogP contribution in [0.5, 0.6) is 0 Å². The first kappa shape index (κ1) is 24.5. The maximum absolute atomic E-state index is 12.4. The van der Waals surface area contributed by atoms with Crippen LogP contribution in [0.4, 0.5) is 10.5 Å². The van der Waals surface area contributed by atoms with Gasteiger partial charge in [-0.3, -0.25) is 24.5 Å². The van der Waals surface area contributed by atoms with Gasteiger partial charge in [0.05, 0.1) is 17.1 Å². The van der Waals surface area contributed by atoms with Crippen molar-refractivity contribution >= 4 is 34.5 Å². The lowest BCUT2D eigenvalue weighted by molar-refractivity contribution is -0.134. The van der Waals surface area contributed by atoms with Crippen LogP contribution in [0.2, 0.25) is 0 Å². The highest BCUT2D eigenvalue weighted by Gasteiger charge is 2.34. The van der Waals surface area contributed by atoms with Crippen LogP contribution in [0.25, 0.3) is 10.9 Å². The van der Waals surface area contributed by atoms with E-state index in [-0.39, 0.29) is 17.9 Å². The summed E-state index contributed by atoms with van der Waals surface area (Å²) >= 11 is 0. The Labute approximate surface area is 211 Å². The van der Waals surface area contributed by atoms with E-state index in [0.29, 0.717) is 32.0 Å². The van der Waals surface area contributed by atoms with Crippen LogP contribution in [-0.4, -0.2) is 88.4 Å². The number of hydrogen-bond acceptors (Lipinski definition) is 7. The Kier molecular flexibility index (Phi) is 6.40. The summed E-state index contributed by atoms with van der Waals surface area (Å²) in [4.78, 5) is 43.1. The molecular weight excluding hydrogens is 460 g/mol. The average Bonchev–Trinajstić information content (AvgIpc) is 3.43. The quantitative estimate of drug-likeness (QED) is 0.651. The standard InChI is InChI=1S/C26H36N6O4/c1-26(2,3)36-25(35)31-13-11-30(12-14-31)18-9-10-32(16-18)17-5-6-19-21(15-17)29(4)28-23(19)20-7-8-22(33)27-24(20)34/h5-6,15,18,20H,7-14,16H2,1-4H3,(H,27,33,34). The molecule has 3 amide bonds. The Morgan fingerprint density at radius 1 is 1.08 bits per heavy atom. The monoisotopic (exact) mass is 496 g/mol. The number of carbonyl (C=O) groups excluding carboxylic acids is 3. The molecule has 2 aromatic rings. The van der Waals surface area contributed by atoms with Crippen LogP contribution in [0.3, 0.4) is 0 Å². The first-order chi connectivity index (χ1) is 17.1. The molecule has 4 heterocycles. The highest BCUT2D eigenvalue weighted by atomic mass is 16.6. The van der Waals surface area contributed by atoms with Gasteiger partial charge in [-0.15, -0.1) is 0 Å². The molecule has 3 aliphatic heterocycles. The van der Waals surface area contributed by atoms with E-state index in [0.717, 1.165) is 54.9 Å². The van der Waals surface area contributed by atoms with E-state index in [1.807, 2.05) is 37.4 Å². The molecule has 0 radical (unpaired) electrons. The summed E-state index contributed by atoms with van der Waals surface area (Å²) in [7, 11) is 1.90. The second-order valence-corrected chi connectivity index (χ2v) is 11.1. The number of piperidine rings is 1. The van der Waals surface area contributed by atoms with Gasteiger partial charge in [0, 0.05) is 69.9 Å². The molecule has 3 saturated heterocycles. The number of nitrogens with one attached hydrogen (secondary N) is 1. The number of hydrogen-bond donors (Lipinski definition) is 1. The molecule has 0 aliphatic carbocycles. The molecule has 5 rings (SSSR count). The summed E-state index contributed by atoms with van der Waals surface area (Å²) in [6.07, 6.45) is 1.69. The van der Waals surface area contributed by atoms with E-state index in [2.05, 4.69) is 38.4 Å². The molecule has 1 aromatic heterocycles. The normalized spacial score (nSPS) is 23.9. The van der Waals surface area contributed by atoms with Crippen molar-refractivity contribution in [2.45, 2.75) is 57.6 Å². The number of benzene rings is 1. The van der Waals surface area contributed by atoms with Crippen LogP contribution in [-0.2, 0) is 21.4 Å². The summed E-state index contributed by atoms with van der Waals surface area (Å²) in [6.45, 7) is 10.7. The van der Waals surface area contributed by atoms with E-state index < -0.39 is 11.5 Å². The number of carbonyl (C=O) groups is 3. The number of ether oxygens (including phenoxy) is 1. The van der Waals surface area contributed by atoms with E-state index >= 15 is 0 Å². The van der Waals surface area contributed by atoms with E-state index in [1.165, 1.54) is 0 Å². The van der Waals surface area contributed by atoms with Crippen molar-refractivity contribution in [1.29, 1.82) is 0 Å². The maximum Gasteiger partial charge on any atom is 0.410 e. The minimum absolute atomic E-state index is 0.214. The zero-order valence-corrected chi connectivity index (χ0v) is 21.6. The van der Waals surface area contributed by atoms with Crippen LogP contribution in [0.1, 0.15) is 51.6 Å². The van der Waals surface area contributed by atoms with Crippen molar-refractivity contribution in [2.75, 3.05) is 44.2 Å². The van der Waals surface area contributed by atoms with Gasteiger partial charge in [-0.2, -0.15) is 5.10 Å². The molecule has 0 saturated carbocycles. The fourth-order valence-electron chi connectivity index (χ4n) is 5.55. The molecular formula is C26H36N6O4. The third-order valence-corrected chi connectivity index (χ3v) is 7.44. The number of aromatic nitrogens is 2. The zero-order chi connectivity index (χ0) is 25.6. The Hall–Kier alpha value is -3.14. The molecule has 10 nitrogen and oxygen atoms in total. The number of fused-ring (bicyclic) bond motifs is 1. The van der Waals surface area contributed by atoms with Crippen LogP contribution in [0, 0.1) is 0 Å². The zero-order valence-electron chi connectivity index (χ0n) is 21.6. The Morgan fingerprint density at radius 3 is 2.53 bits per heavy atom. The van der Waals surface area contributed by atoms with Crippen LogP contribution < -0.4 is 10.2 Å². The second kappa shape index (κ2) is 9.38. The van der Waals surface area contributed by atoms with Gasteiger partial charge in [0.2, 0.25) is 11.8 Å². The lowest BCUT2D eigenvalue weighted by Crippen LogP contribution is -2.53. The Bertz CT molecular complexity index is 1180. The molecule has 0 spiro atoms. The van der Waals surface area contributed by atoms with Gasteiger partial charge in [-0.05, 0) is 51.8 Å². The minimum atomic E-state index is -0.474. The number of nitrogens with zero attached hydrogens (tertiary/aromatic N) is 5. The fourth-order valence-corrected chi connectivity index (χ4v) is 5.55. The molecule has 1 N–H and O–H groups in total. The number of aryl methyl sites for hydroxylation is 1. The number of imide groups is 1. The predicted octanol–water partition coefficient (Wildman–Crippen LogP) is 2.22. The molecule has 0 bridgehead atoms.